The summed E-state index contributed by atoms with van der Waals surface area (Å²) in [4.78, 5) is 12.1. The van der Waals surface area contributed by atoms with Gasteiger partial charge in [0, 0.05) is 17.8 Å². The third-order valence-electron chi connectivity index (χ3n) is 3.55. The number of hydrogen-bond donors (Lipinski definition) is 2. The van der Waals surface area contributed by atoms with Crippen molar-refractivity contribution in [2.75, 3.05) is 11.1 Å². The van der Waals surface area contributed by atoms with Crippen molar-refractivity contribution < 1.29 is 4.79 Å². The zero-order chi connectivity index (χ0) is 14.3. The van der Waals surface area contributed by atoms with E-state index in [0.29, 0.717) is 18.0 Å². The van der Waals surface area contributed by atoms with E-state index >= 15 is 0 Å². The lowest BCUT2D eigenvalue weighted by Gasteiger charge is -2.15. The van der Waals surface area contributed by atoms with E-state index in [2.05, 4.69) is 19.2 Å². The average molecular weight is 299 g/mol. The highest BCUT2D eigenvalue weighted by molar-refractivity contribution is 5.92. The first-order chi connectivity index (χ1) is 9.06. The molecule has 0 aliphatic heterocycles. The molecule has 0 fully saturated rings. The summed E-state index contributed by atoms with van der Waals surface area (Å²) in [5, 5.41) is 2.97. The van der Waals surface area contributed by atoms with Crippen LogP contribution in [0.5, 0.6) is 0 Å². The minimum absolute atomic E-state index is 0. The second-order valence-electron chi connectivity index (χ2n) is 5.24. The zero-order valence-corrected chi connectivity index (χ0v) is 13.6. The fourth-order valence-electron chi connectivity index (χ4n) is 2.18. The number of aryl methyl sites for hydroxylation is 1. The Bertz CT molecular complexity index is 421. The molecule has 0 saturated carbocycles. The average Bonchev–Trinajstić information content (AvgIpc) is 2.38. The molecule has 114 valence electrons. The van der Waals surface area contributed by atoms with Crippen molar-refractivity contribution in [1.29, 1.82) is 0 Å². The van der Waals surface area contributed by atoms with Gasteiger partial charge in [0.05, 0.1) is 0 Å². The molecule has 0 radical (unpaired) electrons. The number of carbonyl (C=O) groups is 1. The van der Waals surface area contributed by atoms with Gasteiger partial charge in [-0.15, -0.1) is 12.4 Å². The van der Waals surface area contributed by atoms with Crippen molar-refractivity contribution >= 4 is 29.7 Å². The van der Waals surface area contributed by atoms with Gasteiger partial charge < -0.3 is 11.1 Å². The molecule has 4 heteroatoms. The molecule has 0 heterocycles. The molecular weight excluding hydrogens is 272 g/mol. The van der Waals surface area contributed by atoms with Crippen LogP contribution in [0.4, 0.5) is 11.4 Å². The molecule has 0 aliphatic carbocycles. The molecule has 1 unspecified atom stereocenters. The Morgan fingerprint density at radius 1 is 1.35 bits per heavy atom. The minimum atomic E-state index is 0. The monoisotopic (exact) mass is 298 g/mol. The Morgan fingerprint density at radius 2 is 2.05 bits per heavy atom. The molecule has 1 aromatic rings. The predicted octanol–water partition coefficient (Wildman–Crippen LogP) is 4.54. The first-order valence-electron chi connectivity index (χ1n) is 7.22. The molecule has 20 heavy (non-hydrogen) atoms. The number of nitrogens with one attached hydrogen (secondary N) is 1. The van der Waals surface area contributed by atoms with E-state index in [9.17, 15) is 4.79 Å². The largest absolute Gasteiger partial charge is 0.399 e. The van der Waals surface area contributed by atoms with E-state index in [4.69, 9.17) is 5.73 Å². The molecule has 0 aromatic heterocycles. The second-order valence-corrected chi connectivity index (χ2v) is 5.24. The zero-order valence-electron chi connectivity index (χ0n) is 12.7. The molecule has 3 N–H and O–H groups in total. The summed E-state index contributed by atoms with van der Waals surface area (Å²) in [5.41, 5.74) is 8.30. The van der Waals surface area contributed by atoms with Gasteiger partial charge in [-0.25, -0.2) is 0 Å². The van der Waals surface area contributed by atoms with Gasteiger partial charge in [-0.05, 0) is 37.0 Å². The van der Waals surface area contributed by atoms with E-state index < -0.39 is 0 Å². The fraction of sp³-hybridized carbons (Fsp3) is 0.562. The molecule has 0 spiro atoms. The highest BCUT2D eigenvalue weighted by Gasteiger charge is 2.12. The predicted molar refractivity (Wildman–Crippen MR) is 89.4 cm³/mol. The van der Waals surface area contributed by atoms with E-state index in [1.165, 1.54) is 12.8 Å². The van der Waals surface area contributed by atoms with Crippen LogP contribution in [0.3, 0.4) is 0 Å². The number of nitrogens with two attached hydrogens (primary N) is 1. The number of carbonyl (C=O) groups excluding carboxylic acids is 1. The fourth-order valence-corrected chi connectivity index (χ4v) is 2.18. The van der Waals surface area contributed by atoms with Gasteiger partial charge in [0.1, 0.15) is 0 Å². The van der Waals surface area contributed by atoms with Crippen molar-refractivity contribution in [3.8, 4) is 0 Å². The lowest BCUT2D eigenvalue weighted by Crippen LogP contribution is -2.17. The second kappa shape index (κ2) is 9.65. The summed E-state index contributed by atoms with van der Waals surface area (Å²) in [6, 6.07) is 5.60. The summed E-state index contributed by atoms with van der Waals surface area (Å²) >= 11 is 0. The van der Waals surface area contributed by atoms with Gasteiger partial charge in [0.2, 0.25) is 5.91 Å². The lowest BCUT2D eigenvalue weighted by molar-refractivity contribution is -0.117. The van der Waals surface area contributed by atoms with Crippen LogP contribution in [-0.2, 0) is 4.79 Å². The molecule has 1 amide bonds. The lowest BCUT2D eigenvalue weighted by atomic mass is 9.95. The van der Waals surface area contributed by atoms with Crippen LogP contribution < -0.4 is 11.1 Å². The van der Waals surface area contributed by atoms with Crippen LogP contribution in [0.2, 0.25) is 0 Å². The first kappa shape index (κ1) is 18.8. The Labute approximate surface area is 128 Å². The minimum Gasteiger partial charge on any atom is -0.399 e. The quantitative estimate of drug-likeness (QED) is 0.726. The van der Waals surface area contributed by atoms with Crippen LogP contribution in [0.15, 0.2) is 18.2 Å². The van der Waals surface area contributed by atoms with Gasteiger partial charge in [-0.2, -0.15) is 0 Å². The van der Waals surface area contributed by atoms with E-state index in [1.54, 1.807) is 0 Å². The van der Waals surface area contributed by atoms with Gasteiger partial charge in [0.25, 0.3) is 0 Å². The van der Waals surface area contributed by atoms with Gasteiger partial charge in [0.15, 0.2) is 0 Å². The molecule has 1 atom stereocenters. The highest BCUT2D eigenvalue weighted by Crippen LogP contribution is 2.21. The molecule has 1 rings (SSSR count). The van der Waals surface area contributed by atoms with Crippen LogP contribution in [-0.4, -0.2) is 5.91 Å². The number of nitrogen functional groups attached to an aromatic ring is 1. The maximum atomic E-state index is 12.1. The topological polar surface area (TPSA) is 55.1 Å². The Hall–Kier alpha value is -1.22. The molecule has 3 nitrogen and oxygen atoms in total. The van der Waals surface area contributed by atoms with Gasteiger partial charge >= 0.3 is 0 Å². The number of benzene rings is 1. The summed E-state index contributed by atoms with van der Waals surface area (Å²) in [6.45, 7) is 6.31. The molecule has 0 saturated heterocycles. The summed E-state index contributed by atoms with van der Waals surface area (Å²) in [5.74, 6) is 0.581. The van der Waals surface area contributed by atoms with Crippen LogP contribution in [0, 0.1) is 12.8 Å². The molecule has 1 aromatic carbocycles. The molecule has 0 bridgehead atoms. The van der Waals surface area contributed by atoms with E-state index in [1.807, 2.05) is 25.1 Å². The number of hydrogen-bond acceptors (Lipinski definition) is 2. The molecular formula is C16H27ClN2O. The number of unbranched alkanes of at least 4 members (excludes halogenated alkanes) is 1. The normalized spacial score (nSPS) is 11.6. The van der Waals surface area contributed by atoms with Crippen molar-refractivity contribution in [2.24, 2.45) is 5.92 Å². The Morgan fingerprint density at radius 3 is 2.65 bits per heavy atom. The van der Waals surface area contributed by atoms with Crippen molar-refractivity contribution in [2.45, 2.75) is 52.9 Å². The van der Waals surface area contributed by atoms with Crippen molar-refractivity contribution in [1.82, 2.24) is 0 Å². The summed E-state index contributed by atoms with van der Waals surface area (Å²) in [7, 11) is 0. The van der Waals surface area contributed by atoms with Gasteiger partial charge in [-0.3, -0.25) is 4.79 Å². The Balaban J connectivity index is 0.00000361. The maximum absolute atomic E-state index is 12.1. The van der Waals surface area contributed by atoms with Crippen molar-refractivity contribution in [3.05, 3.63) is 23.8 Å². The third-order valence-corrected chi connectivity index (χ3v) is 3.55. The maximum Gasteiger partial charge on any atom is 0.224 e. The van der Waals surface area contributed by atoms with E-state index in [-0.39, 0.29) is 18.3 Å². The van der Waals surface area contributed by atoms with Gasteiger partial charge in [-0.1, -0.05) is 39.2 Å². The summed E-state index contributed by atoms with van der Waals surface area (Å²) < 4.78 is 0. The number of halogens is 1. The SMILES string of the molecule is CCCCC(CC)CC(=O)Nc1cc(N)ccc1C.Cl. The van der Waals surface area contributed by atoms with Crippen LogP contribution in [0.1, 0.15) is 51.5 Å². The standard InChI is InChI=1S/C16H26N2O.ClH/c1-4-6-7-13(5-2)10-16(19)18-15-11-14(17)9-8-12(15)3;/h8-9,11,13H,4-7,10,17H2,1-3H3,(H,18,19);1H. The van der Waals surface area contributed by atoms with Crippen LogP contribution >= 0.6 is 12.4 Å². The number of anilines is 2. The summed E-state index contributed by atoms with van der Waals surface area (Å²) in [6.07, 6.45) is 5.18. The van der Waals surface area contributed by atoms with Crippen LogP contribution in [0.25, 0.3) is 0 Å². The highest BCUT2D eigenvalue weighted by atomic mass is 35.5. The number of amides is 1. The van der Waals surface area contributed by atoms with Crippen molar-refractivity contribution in [3.63, 3.8) is 0 Å². The Kier molecular flexibility index (Phi) is 9.06. The first-order valence-corrected chi connectivity index (χ1v) is 7.22. The molecule has 0 aliphatic rings. The smallest absolute Gasteiger partial charge is 0.224 e. The van der Waals surface area contributed by atoms with E-state index in [0.717, 1.165) is 24.1 Å². The number of rotatable bonds is 7. The third kappa shape index (κ3) is 6.29.